The van der Waals surface area contributed by atoms with E-state index in [4.69, 9.17) is 5.26 Å². The summed E-state index contributed by atoms with van der Waals surface area (Å²) in [5.74, 6) is 0. The Bertz CT molecular complexity index is 297. The maximum Gasteiger partial charge on any atom is 0.0968 e. The molecule has 0 amide bonds. The number of nitriles is 1. The van der Waals surface area contributed by atoms with Crippen LogP contribution >= 0.6 is 0 Å². The third kappa shape index (κ3) is 2.88. The zero-order chi connectivity index (χ0) is 9.68. The number of hydrogen-bond acceptors (Lipinski definition) is 3. The summed E-state index contributed by atoms with van der Waals surface area (Å²) in [5.41, 5.74) is 1.15. The lowest BCUT2D eigenvalue weighted by Crippen LogP contribution is -2.24. The molecule has 0 bridgehead atoms. The van der Waals surface area contributed by atoms with Gasteiger partial charge in [0.05, 0.1) is 18.3 Å². The number of hydrogen-bond donors (Lipinski definition) is 1. The van der Waals surface area contributed by atoms with E-state index < -0.39 is 0 Å². The Kier molecular flexibility index (Phi) is 3.47. The maximum absolute atomic E-state index is 8.67. The normalized spacial score (nSPS) is 12.4. The average molecular weight is 178 g/mol. The van der Waals surface area contributed by atoms with Crippen molar-refractivity contribution in [1.29, 1.82) is 5.26 Å². The molecule has 0 aromatic carbocycles. The van der Waals surface area contributed by atoms with Gasteiger partial charge < -0.3 is 5.32 Å². The number of aromatic nitrogens is 2. The van der Waals surface area contributed by atoms with Crippen LogP contribution in [0, 0.1) is 18.3 Å². The first-order chi connectivity index (χ1) is 6.26. The minimum atomic E-state index is -0.0792. The van der Waals surface area contributed by atoms with Crippen molar-refractivity contribution < 1.29 is 0 Å². The summed E-state index contributed by atoms with van der Waals surface area (Å²) >= 11 is 0. The molecule has 0 radical (unpaired) electrons. The molecular formula is C9H14N4. The molecule has 1 atom stereocenters. The van der Waals surface area contributed by atoms with Gasteiger partial charge in [-0.25, -0.2) is 0 Å². The molecular weight excluding hydrogens is 164 g/mol. The van der Waals surface area contributed by atoms with Gasteiger partial charge in [-0.15, -0.1) is 0 Å². The minimum Gasteiger partial charge on any atom is -0.305 e. The van der Waals surface area contributed by atoms with E-state index in [1.165, 1.54) is 0 Å². The number of nitrogens with zero attached hydrogens (tertiary/aromatic N) is 3. The molecule has 1 rings (SSSR count). The third-order valence-corrected chi connectivity index (χ3v) is 1.91. The molecule has 0 saturated carbocycles. The highest BCUT2D eigenvalue weighted by molar-refractivity contribution is 4.99. The molecule has 1 N–H and O–H groups in total. The van der Waals surface area contributed by atoms with E-state index in [1.807, 2.05) is 24.0 Å². The van der Waals surface area contributed by atoms with Crippen LogP contribution in [0.25, 0.3) is 0 Å². The highest BCUT2D eigenvalue weighted by Gasteiger charge is 2.03. The number of rotatable bonds is 4. The van der Waals surface area contributed by atoms with E-state index in [2.05, 4.69) is 16.5 Å². The van der Waals surface area contributed by atoms with Gasteiger partial charge in [0.15, 0.2) is 0 Å². The van der Waals surface area contributed by atoms with Crippen LogP contribution in [0.1, 0.15) is 12.0 Å². The molecule has 0 aliphatic heterocycles. The SMILES string of the molecule is CNC(C#N)CCn1cc(C)cn1. The molecule has 13 heavy (non-hydrogen) atoms. The largest absolute Gasteiger partial charge is 0.305 e. The zero-order valence-electron chi connectivity index (χ0n) is 7.99. The van der Waals surface area contributed by atoms with Crippen molar-refractivity contribution in [2.45, 2.75) is 25.9 Å². The van der Waals surface area contributed by atoms with Crippen LogP contribution in [0.15, 0.2) is 12.4 Å². The van der Waals surface area contributed by atoms with Crippen LogP contribution in [0.2, 0.25) is 0 Å². The number of aryl methyl sites for hydroxylation is 2. The van der Waals surface area contributed by atoms with Crippen molar-refractivity contribution >= 4 is 0 Å². The van der Waals surface area contributed by atoms with Gasteiger partial charge in [-0.3, -0.25) is 4.68 Å². The first-order valence-corrected chi connectivity index (χ1v) is 4.32. The molecule has 1 aromatic rings. The standard InChI is InChI=1S/C9H14N4/c1-8-6-12-13(7-8)4-3-9(5-10)11-2/h6-7,9,11H,3-4H2,1-2H3. The van der Waals surface area contributed by atoms with Gasteiger partial charge in [0.25, 0.3) is 0 Å². The fourth-order valence-electron chi connectivity index (χ4n) is 1.12. The summed E-state index contributed by atoms with van der Waals surface area (Å²) in [4.78, 5) is 0. The second-order valence-electron chi connectivity index (χ2n) is 3.04. The Morgan fingerprint density at radius 3 is 3.00 bits per heavy atom. The van der Waals surface area contributed by atoms with Crippen molar-refractivity contribution in [3.8, 4) is 6.07 Å². The van der Waals surface area contributed by atoms with Gasteiger partial charge >= 0.3 is 0 Å². The van der Waals surface area contributed by atoms with Crippen molar-refractivity contribution in [2.75, 3.05) is 7.05 Å². The van der Waals surface area contributed by atoms with Gasteiger partial charge in [-0.2, -0.15) is 10.4 Å². The summed E-state index contributed by atoms with van der Waals surface area (Å²) in [7, 11) is 1.79. The summed E-state index contributed by atoms with van der Waals surface area (Å²) in [6, 6.07) is 2.10. The topological polar surface area (TPSA) is 53.6 Å². The summed E-state index contributed by atoms with van der Waals surface area (Å²) in [6.45, 7) is 2.79. The lowest BCUT2D eigenvalue weighted by molar-refractivity contribution is 0.518. The maximum atomic E-state index is 8.67. The molecule has 4 nitrogen and oxygen atoms in total. The average Bonchev–Trinajstić information content (AvgIpc) is 2.53. The predicted octanol–water partition coefficient (Wildman–Crippen LogP) is 0.693. The van der Waals surface area contributed by atoms with Crippen LogP contribution in [0.3, 0.4) is 0 Å². The molecule has 0 saturated heterocycles. The Labute approximate surface area is 78.2 Å². The van der Waals surface area contributed by atoms with E-state index in [9.17, 15) is 0 Å². The van der Waals surface area contributed by atoms with E-state index in [1.54, 1.807) is 7.05 Å². The Balaban J connectivity index is 2.39. The van der Waals surface area contributed by atoms with Crippen LogP contribution in [-0.2, 0) is 6.54 Å². The first kappa shape index (κ1) is 9.75. The van der Waals surface area contributed by atoms with Crippen LogP contribution in [0.4, 0.5) is 0 Å². The molecule has 1 heterocycles. The lowest BCUT2D eigenvalue weighted by Gasteiger charge is -2.06. The van der Waals surface area contributed by atoms with Gasteiger partial charge in [0.2, 0.25) is 0 Å². The molecule has 0 aliphatic rings. The van der Waals surface area contributed by atoms with E-state index in [0.29, 0.717) is 0 Å². The molecule has 1 aromatic heterocycles. The van der Waals surface area contributed by atoms with E-state index in [0.717, 1.165) is 18.5 Å². The highest BCUT2D eigenvalue weighted by Crippen LogP contribution is 1.98. The minimum absolute atomic E-state index is 0.0792. The quantitative estimate of drug-likeness (QED) is 0.738. The van der Waals surface area contributed by atoms with Gasteiger partial charge in [-0.1, -0.05) is 0 Å². The van der Waals surface area contributed by atoms with Gasteiger partial charge in [-0.05, 0) is 26.0 Å². The van der Waals surface area contributed by atoms with Crippen LogP contribution in [-0.4, -0.2) is 22.9 Å². The van der Waals surface area contributed by atoms with E-state index in [-0.39, 0.29) is 6.04 Å². The third-order valence-electron chi connectivity index (χ3n) is 1.91. The first-order valence-electron chi connectivity index (χ1n) is 4.32. The van der Waals surface area contributed by atoms with Gasteiger partial charge in [0, 0.05) is 12.7 Å². The molecule has 0 fully saturated rings. The van der Waals surface area contributed by atoms with Crippen LogP contribution < -0.4 is 5.32 Å². The Morgan fingerprint density at radius 1 is 1.77 bits per heavy atom. The van der Waals surface area contributed by atoms with Crippen molar-refractivity contribution in [3.63, 3.8) is 0 Å². The molecule has 0 spiro atoms. The Morgan fingerprint density at radius 2 is 2.54 bits per heavy atom. The van der Waals surface area contributed by atoms with Crippen LogP contribution in [0.5, 0.6) is 0 Å². The molecule has 0 aliphatic carbocycles. The lowest BCUT2D eigenvalue weighted by atomic mass is 10.2. The summed E-state index contributed by atoms with van der Waals surface area (Å²) in [6.07, 6.45) is 4.58. The molecule has 70 valence electrons. The Hall–Kier alpha value is -1.34. The van der Waals surface area contributed by atoms with Crippen molar-refractivity contribution in [2.24, 2.45) is 0 Å². The predicted molar refractivity (Wildman–Crippen MR) is 50.0 cm³/mol. The highest BCUT2D eigenvalue weighted by atomic mass is 15.3. The zero-order valence-corrected chi connectivity index (χ0v) is 7.99. The van der Waals surface area contributed by atoms with E-state index >= 15 is 0 Å². The van der Waals surface area contributed by atoms with Crippen molar-refractivity contribution in [1.82, 2.24) is 15.1 Å². The second-order valence-corrected chi connectivity index (χ2v) is 3.04. The fraction of sp³-hybridized carbons (Fsp3) is 0.556. The summed E-state index contributed by atoms with van der Waals surface area (Å²) in [5, 5.41) is 15.7. The smallest absolute Gasteiger partial charge is 0.0968 e. The summed E-state index contributed by atoms with van der Waals surface area (Å²) < 4.78 is 1.86. The second kappa shape index (κ2) is 4.63. The van der Waals surface area contributed by atoms with Gasteiger partial charge in [0.1, 0.15) is 0 Å². The fourth-order valence-corrected chi connectivity index (χ4v) is 1.12. The van der Waals surface area contributed by atoms with Crippen molar-refractivity contribution in [3.05, 3.63) is 18.0 Å². The number of nitrogens with one attached hydrogen (secondary N) is 1. The monoisotopic (exact) mass is 178 g/mol. The molecule has 4 heteroatoms. The molecule has 1 unspecified atom stereocenters.